The number of hydrogen-bond acceptors (Lipinski definition) is 8. The van der Waals surface area contributed by atoms with Crippen LogP contribution in [0.1, 0.15) is 29.3 Å². The number of fused-ring (bicyclic) bond motifs is 1. The van der Waals surface area contributed by atoms with E-state index in [0.717, 1.165) is 4.90 Å². The zero-order valence-corrected chi connectivity index (χ0v) is 20.5. The standard InChI is InChI=1S/C25H19ClN2O7S/c1-2-9-34-24(32)17-11-15(7-8-18(17)26)27-21(29)12-28-23(31)20(36-25(28)33)10-14-13-35-19-6-4-3-5-16(19)22(14)30/h3-8,10-11,13H,2,9,12H2,1H3,(H,27,29)/b20-10-. The average molecular weight is 527 g/mol. The monoisotopic (exact) mass is 526 g/mol. The Morgan fingerprint density at radius 1 is 1.17 bits per heavy atom. The highest BCUT2D eigenvalue weighted by Crippen LogP contribution is 2.32. The summed E-state index contributed by atoms with van der Waals surface area (Å²) in [6.45, 7) is 1.51. The maximum Gasteiger partial charge on any atom is 0.339 e. The van der Waals surface area contributed by atoms with Crippen LogP contribution < -0.4 is 10.7 Å². The van der Waals surface area contributed by atoms with Gasteiger partial charge in [0.15, 0.2) is 5.43 Å². The number of esters is 1. The number of hydrogen-bond donors (Lipinski definition) is 1. The lowest BCUT2D eigenvalue weighted by Gasteiger charge is -2.13. The fraction of sp³-hybridized carbons (Fsp3) is 0.160. The zero-order chi connectivity index (χ0) is 25.8. The molecule has 184 valence electrons. The molecule has 1 fully saturated rings. The summed E-state index contributed by atoms with van der Waals surface area (Å²) in [5.41, 5.74) is 0.466. The van der Waals surface area contributed by atoms with E-state index in [9.17, 15) is 24.0 Å². The molecule has 3 aromatic rings. The minimum absolute atomic E-state index is 0.0113. The van der Waals surface area contributed by atoms with Gasteiger partial charge in [0, 0.05) is 5.69 Å². The van der Waals surface area contributed by atoms with Crippen molar-refractivity contribution in [3.8, 4) is 0 Å². The highest BCUT2D eigenvalue weighted by Gasteiger charge is 2.36. The van der Waals surface area contributed by atoms with Crippen molar-refractivity contribution in [3.63, 3.8) is 0 Å². The van der Waals surface area contributed by atoms with Crippen LogP contribution in [0.25, 0.3) is 17.0 Å². The molecule has 0 saturated carbocycles. The molecule has 1 aliphatic rings. The third-order valence-corrected chi connectivity index (χ3v) is 6.31. The number of carbonyl (C=O) groups excluding carboxylic acids is 4. The Morgan fingerprint density at radius 2 is 1.94 bits per heavy atom. The van der Waals surface area contributed by atoms with Crippen LogP contribution in [-0.4, -0.2) is 41.1 Å². The molecule has 0 radical (unpaired) electrons. The number of rotatable bonds is 7. The molecular weight excluding hydrogens is 508 g/mol. The first kappa shape index (κ1) is 25.2. The van der Waals surface area contributed by atoms with E-state index in [1.54, 1.807) is 24.3 Å². The molecule has 1 saturated heterocycles. The first-order chi connectivity index (χ1) is 17.3. The molecule has 0 unspecified atom stereocenters. The number of carbonyl (C=O) groups is 4. The van der Waals surface area contributed by atoms with E-state index >= 15 is 0 Å². The van der Waals surface area contributed by atoms with E-state index in [1.165, 1.54) is 30.5 Å². The van der Waals surface area contributed by atoms with Crippen LogP contribution >= 0.6 is 23.4 Å². The van der Waals surface area contributed by atoms with Crippen LogP contribution in [0.3, 0.4) is 0 Å². The Labute approximate surface area is 214 Å². The van der Waals surface area contributed by atoms with Crippen LogP contribution in [0.5, 0.6) is 0 Å². The molecule has 1 aliphatic heterocycles. The van der Waals surface area contributed by atoms with Crippen molar-refractivity contribution in [2.24, 2.45) is 0 Å². The summed E-state index contributed by atoms with van der Waals surface area (Å²) >= 11 is 6.67. The fourth-order valence-corrected chi connectivity index (χ4v) is 4.37. The molecule has 0 spiro atoms. The third kappa shape index (κ3) is 5.34. The summed E-state index contributed by atoms with van der Waals surface area (Å²) in [5.74, 6) is -2.01. The second kappa shape index (κ2) is 10.8. The van der Waals surface area contributed by atoms with Crippen LogP contribution in [-0.2, 0) is 14.3 Å². The summed E-state index contributed by atoms with van der Waals surface area (Å²) in [4.78, 5) is 63.4. The zero-order valence-electron chi connectivity index (χ0n) is 18.9. The minimum Gasteiger partial charge on any atom is -0.463 e. The van der Waals surface area contributed by atoms with Gasteiger partial charge in [-0.25, -0.2) is 4.79 Å². The lowest BCUT2D eigenvalue weighted by molar-refractivity contribution is -0.127. The van der Waals surface area contributed by atoms with Crippen LogP contribution in [0, 0.1) is 0 Å². The number of amides is 3. The largest absolute Gasteiger partial charge is 0.463 e. The van der Waals surface area contributed by atoms with Gasteiger partial charge in [-0.1, -0.05) is 30.7 Å². The van der Waals surface area contributed by atoms with Gasteiger partial charge >= 0.3 is 5.97 Å². The summed E-state index contributed by atoms with van der Waals surface area (Å²) in [7, 11) is 0. The quantitative estimate of drug-likeness (QED) is 0.347. The Morgan fingerprint density at radius 3 is 2.72 bits per heavy atom. The average Bonchev–Trinajstić information content (AvgIpc) is 3.12. The molecule has 0 aliphatic carbocycles. The van der Waals surface area contributed by atoms with Crippen molar-refractivity contribution in [3.05, 3.63) is 80.0 Å². The number of imide groups is 1. The first-order valence-corrected chi connectivity index (χ1v) is 12.0. The molecule has 3 amide bonds. The summed E-state index contributed by atoms with van der Waals surface area (Å²) < 4.78 is 10.5. The van der Waals surface area contributed by atoms with Crippen molar-refractivity contribution < 1.29 is 28.3 Å². The summed E-state index contributed by atoms with van der Waals surface area (Å²) in [6, 6.07) is 10.9. The Kier molecular flexibility index (Phi) is 7.56. The maximum absolute atomic E-state index is 12.8. The normalized spacial score (nSPS) is 14.5. The highest BCUT2D eigenvalue weighted by atomic mass is 35.5. The number of ether oxygens (including phenoxy) is 1. The molecule has 2 heterocycles. The van der Waals surface area contributed by atoms with E-state index in [-0.39, 0.29) is 38.8 Å². The topological polar surface area (TPSA) is 123 Å². The number of nitrogens with one attached hydrogen (secondary N) is 1. The lowest BCUT2D eigenvalue weighted by Crippen LogP contribution is -2.36. The smallest absolute Gasteiger partial charge is 0.339 e. The molecule has 1 N–H and O–H groups in total. The van der Waals surface area contributed by atoms with E-state index in [4.69, 9.17) is 20.8 Å². The molecule has 9 nitrogen and oxygen atoms in total. The first-order valence-electron chi connectivity index (χ1n) is 10.8. The molecular formula is C25H19ClN2O7S. The number of benzene rings is 2. The van der Waals surface area contributed by atoms with Crippen molar-refractivity contribution in [1.82, 2.24) is 4.90 Å². The maximum atomic E-state index is 12.8. The molecule has 11 heteroatoms. The predicted molar refractivity (Wildman–Crippen MR) is 136 cm³/mol. The molecule has 4 rings (SSSR count). The molecule has 2 aromatic carbocycles. The molecule has 1 aromatic heterocycles. The Hall–Kier alpha value is -3.89. The summed E-state index contributed by atoms with van der Waals surface area (Å²) in [6.07, 6.45) is 3.13. The Bertz CT molecular complexity index is 1480. The Balaban J connectivity index is 1.47. The van der Waals surface area contributed by atoms with Crippen molar-refractivity contribution in [2.45, 2.75) is 13.3 Å². The van der Waals surface area contributed by atoms with Crippen molar-refractivity contribution in [1.29, 1.82) is 0 Å². The van der Waals surface area contributed by atoms with Gasteiger partial charge < -0.3 is 14.5 Å². The second-order valence-electron chi connectivity index (χ2n) is 7.66. The van der Waals surface area contributed by atoms with Crippen molar-refractivity contribution >= 4 is 69.1 Å². The minimum atomic E-state index is -0.715. The van der Waals surface area contributed by atoms with Gasteiger partial charge in [-0.3, -0.25) is 24.1 Å². The number of nitrogens with zero attached hydrogens (tertiary/aromatic N) is 1. The molecule has 36 heavy (non-hydrogen) atoms. The second-order valence-corrected chi connectivity index (χ2v) is 9.06. The number of halogens is 1. The third-order valence-electron chi connectivity index (χ3n) is 5.08. The van der Waals surface area contributed by atoms with Gasteiger partial charge in [-0.2, -0.15) is 0 Å². The van der Waals surface area contributed by atoms with E-state index in [1.807, 2.05) is 6.92 Å². The van der Waals surface area contributed by atoms with Gasteiger partial charge in [0.1, 0.15) is 18.4 Å². The SMILES string of the molecule is CCCOC(=O)c1cc(NC(=O)CN2C(=O)S/C(=C\c3coc4ccccc4c3=O)C2=O)ccc1Cl. The van der Waals surface area contributed by atoms with Gasteiger partial charge in [0.25, 0.3) is 11.1 Å². The summed E-state index contributed by atoms with van der Waals surface area (Å²) in [5, 5.41) is 2.37. The van der Waals surface area contributed by atoms with Gasteiger partial charge in [0.05, 0.1) is 33.0 Å². The predicted octanol–water partition coefficient (Wildman–Crippen LogP) is 4.69. The van der Waals surface area contributed by atoms with Crippen LogP contribution in [0.4, 0.5) is 10.5 Å². The van der Waals surface area contributed by atoms with Gasteiger partial charge in [0.2, 0.25) is 5.91 Å². The number of thioether (sulfide) groups is 1. The highest BCUT2D eigenvalue weighted by molar-refractivity contribution is 8.18. The van der Waals surface area contributed by atoms with E-state index in [2.05, 4.69) is 5.32 Å². The van der Waals surface area contributed by atoms with Crippen LogP contribution in [0.15, 0.2) is 62.8 Å². The van der Waals surface area contributed by atoms with Crippen molar-refractivity contribution in [2.75, 3.05) is 18.5 Å². The van der Waals surface area contributed by atoms with Gasteiger partial charge in [-0.15, -0.1) is 0 Å². The van der Waals surface area contributed by atoms with E-state index in [0.29, 0.717) is 29.2 Å². The number of para-hydroxylation sites is 1. The van der Waals surface area contributed by atoms with Crippen LogP contribution in [0.2, 0.25) is 5.02 Å². The number of anilines is 1. The molecule has 0 atom stereocenters. The fourth-order valence-electron chi connectivity index (χ4n) is 3.35. The van der Waals surface area contributed by atoms with Gasteiger partial charge in [-0.05, 0) is 54.6 Å². The molecule has 0 bridgehead atoms. The van der Waals surface area contributed by atoms with E-state index < -0.39 is 29.6 Å². The lowest BCUT2D eigenvalue weighted by atomic mass is 10.1.